The molecule has 0 aromatic heterocycles. The Morgan fingerprint density at radius 1 is 1.30 bits per heavy atom. The number of carbonyl (C=O) groups excluding carboxylic acids is 1. The van der Waals surface area contributed by atoms with Gasteiger partial charge in [0.05, 0.1) is 7.11 Å². The molecular weight excluding hydrogens is 252 g/mol. The van der Waals surface area contributed by atoms with Crippen molar-refractivity contribution in [2.45, 2.75) is 31.7 Å². The fourth-order valence-corrected chi connectivity index (χ4v) is 2.88. The van der Waals surface area contributed by atoms with Crippen molar-refractivity contribution in [1.29, 1.82) is 0 Å². The maximum atomic E-state index is 12.3. The van der Waals surface area contributed by atoms with Gasteiger partial charge in [0.2, 0.25) is 0 Å². The molecule has 1 aromatic carbocycles. The highest BCUT2D eigenvalue weighted by Crippen LogP contribution is 2.28. The summed E-state index contributed by atoms with van der Waals surface area (Å²) in [6.45, 7) is 5.16. The normalized spacial score (nSPS) is 23.9. The molecule has 1 fully saturated rings. The summed E-state index contributed by atoms with van der Waals surface area (Å²) in [4.78, 5) is 14.7. The number of methoxy groups -OCH3 is 1. The number of hydrogen-bond acceptors (Lipinski definition) is 4. The van der Waals surface area contributed by atoms with Gasteiger partial charge in [-0.3, -0.25) is 0 Å². The number of likely N-dealkylation sites (tertiary alicyclic amines) is 1. The first-order valence-corrected chi connectivity index (χ1v) is 7.34. The van der Waals surface area contributed by atoms with Crippen molar-refractivity contribution < 1.29 is 9.53 Å². The number of rotatable bonds is 4. The monoisotopic (exact) mass is 276 g/mol. The van der Waals surface area contributed by atoms with E-state index in [4.69, 9.17) is 4.74 Å². The predicted molar refractivity (Wildman–Crippen MR) is 80.8 cm³/mol. The predicted octanol–water partition coefficient (Wildman–Crippen LogP) is 2.52. The van der Waals surface area contributed by atoms with E-state index < -0.39 is 5.54 Å². The number of nitrogens with zero attached hydrogens (tertiary/aromatic N) is 1. The van der Waals surface area contributed by atoms with E-state index in [1.54, 1.807) is 0 Å². The van der Waals surface area contributed by atoms with Gasteiger partial charge < -0.3 is 15.0 Å². The van der Waals surface area contributed by atoms with E-state index in [0.29, 0.717) is 0 Å². The fourth-order valence-electron chi connectivity index (χ4n) is 2.88. The molecule has 1 unspecified atom stereocenters. The van der Waals surface area contributed by atoms with Crippen molar-refractivity contribution in [1.82, 2.24) is 4.90 Å². The van der Waals surface area contributed by atoms with E-state index in [-0.39, 0.29) is 5.97 Å². The second kappa shape index (κ2) is 6.75. The van der Waals surface area contributed by atoms with Crippen molar-refractivity contribution in [2.24, 2.45) is 0 Å². The molecule has 1 aliphatic rings. The molecule has 2 rings (SSSR count). The average Bonchev–Trinajstić information content (AvgIpc) is 2.70. The van der Waals surface area contributed by atoms with Crippen LogP contribution in [-0.4, -0.2) is 43.2 Å². The molecule has 0 saturated carbocycles. The zero-order valence-electron chi connectivity index (χ0n) is 12.4. The van der Waals surface area contributed by atoms with E-state index in [0.717, 1.165) is 44.6 Å². The number of anilines is 1. The molecule has 0 amide bonds. The topological polar surface area (TPSA) is 41.6 Å². The lowest BCUT2D eigenvalue weighted by Crippen LogP contribution is -2.48. The van der Waals surface area contributed by atoms with Crippen LogP contribution >= 0.6 is 0 Å². The molecule has 1 N–H and O–H groups in total. The van der Waals surface area contributed by atoms with Crippen LogP contribution in [0.25, 0.3) is 0 Å². The Kier molecular flexibility index (Phi) is 5.01. The number of para-hydroxylation sites is 1. The smallest absolute Gasteiger partial charge is 0.331 e. The molecule has 1 heterocycles. The van der Waals surface area contributed by atoms with Crippen LogP contribution in [-0.2, 0) is 9.53 Å². The van der Waals surface area contributed by atoms with E-state index in [1.165, 1.54) is 7.11 Å². The molecule has 110 valence electrons. The van der Waals surface area contributed by atoms with Gasteiger partial charge in [-0.1, -0.05) is 25.1 Å². The Morgan fingerprint density at radius 3 is 2.70 bits per heavy atom. The molecule has 0 radical (unpaired) electrons. The number of esters is 1. The first kappa shape index (κ1) is 14.9. The van der Waals surface area contributed by atoms with Crippen LogP contribution in [0.4, 0.5) is 5.69 Å². The molecule has 0 spiro atoms. The van der Waals surface area contributed by atoms with Crippen LogP contribution in [0, 0.1) is 0 Å². The van der Waals surface area contributed by atoms with Crippen LogP contribution in [0.5, 0.6) is 0 Å². The lowest BCUT2D eigenvalue weighted by atomic mass is 9.90. The Morgan fingerprint density at radius 2 is 2.05 bits per heavy atom. The Bertz CT molecular complexity index is 435. The van der Waals surface area contributed by atoms with Crippen LogP contribution in [0.3, 0.4) is 0 Å². The summed E-state index contributed by atoms with van der Waals surface area (Å²) in [5.41, 5.74) is 0.378. The summed E-state index contributed by atoms with van der Waals surface area (Å²) in [6.07, 6.45) is 2.59. The number of ether oxygens (including phenoxy) is 1. The molecule has 1 atom stereocenters. The number of carbonyl (C=O) groups is 1. The van der Waals surface area contributed by atoms with Crippen molar-refractivity contribution in [3.8, 4) is 0 Å². The van der Waals surface area contributed by atoms with E-state index in [2.05, 4.69) is 17.1 Å². The number of nitrogens with one attached hydrogen (secondary N) is 1. The van der Waals surface area contributed by atoms with Crippen LogP contribution < -0.4 is 5.32 Å². The zero-order valence-corrected chi connectivity index (χ0v) is 12.4. The molecule has 20 heavy (non-hydrogen) atoms. The van der Waals surface area contributed by atoms with Crippen LogP contribution in [0.2, 0.25) is 0 Å². The highest BCUT2D eigenvalue weighted by Gasteiger charge is 2.40. The minimum Gasteiger partial charge on any atom is -0.467 e. The van der Waals surface area contributed by atoms with Gasteiger partial charge in [0.1, 0.15) is 5.54 Å². The zero-order chi connectivity index (χ0) is 14.4. The number of benzene rings is 1. The average molecular weight is 276 g/mol. The molecular formula is C16H24N2O2. The van der Waals surface area contributed by atoms with Gasteiger partial charge in [-0.05, 0) is 44.5 Å². The molecule has 4 heteroatoms. The molecule has 4 nitrogen and oxygen atoms in total. The van der Waals surface area contributed by atoms with E-state index >= 15 is 0 Å². The number of hydrogen-bond donors (Lipinski definition) is 1. The molecule has 0 bridgehead atoms. The summed E-state index contributed by atoms with van der Waals surface area (Å²) in [6, 6.07) is 9.91. The van der Waals surface area contributed by atoms with Crippen molar-refractivity contribution in [3.05, 3.63) is 30.3 Å². The summed E-state index contributed by atoms with van der Waals surface area (Å²) in [7, 11) is 1.47. The second-order valence-corrected chi connectivity index (χ2v) is 5.35. The lowest BCUT2D eigenvalue weighted by molar-refractivity contribution is -0.146. The Labute approximate surface area is 121 Å². The van der Waals surface area contributed by atoms with Gasteiger partial charge in [-0.15, -0.1) is 0 Å². The second-order valence-electron chi connectivity index (χ2n) is 5.35. The van der Waals surface area contributed by atoms with Gasteiger partial charge in [-0.2, -0.15) is 0 Å². The minimum atomic E-state index is -0.597. The quantitative estimate of drug-likeness (QED) is 0.858. The van der Waals surface area contributed by atoms with Gasteiger partial charge in [0, 0.05) is 12.2 Å². The minimum absolute atomic E-state index is 0.153. The molecule has 1 saturated heterocycles. The highest BCUT2D eigenvalue weighted by molar-refractivity contribution is 5.84. The third-order valence-electron chi connectivity index (χ3n) is 4.11. The lowest BCUT2D eigenvalue weighted by Gasteiger charge is -2.32. The third-order valence-corrected chi connectivity index (χ3v) is 4.11. The SMILES string of the molecule is CCN1CCCC(Nc2ccccc2)(C(=O)OC)CC1. The largest absolute Gasteiger partial charge is 0.467 e. The highest BCUT2D eigenvalue weighted by atomic mass is 16.5. The van der Waals surface area contributed by atoms with E-state index in [1.807, 2.05) is 30.3 Å². The van der Waals surface area contributed by atoms with E-state index in [9.17, 15) is 4.79 Å². The van der Waals surface area contributed by atoms with Crippen LogP contribution in [0.15, 0.2) is 30.3 Å². The molecule has 1 aromatic rings. The Balaban J connectivity index is 2.19. The Hall–Kier alpha value is -1.55. The van der Waals surface area contributed by atoms with Crippen molar-refractivity contribution in [3.63, 3.8) is 0 Å². The first-order chi connectivity index (χ1) is 9.70. The van der Waals surface area contributed by atoms with Gasteiger partial charge in [0.25, 0.3) is 0 Å². The fraction of sp³-hybridized carbons (Fsp3) is 0.562. The maximum Gasteiger partial charge on any atom is 0.331 e. The standard InChI is InChI=1S/C16H24N2O2/c1-3-18-12-7-10-16(11-13-18,15(19)20-2)17-14-8-5-4-6-9-14/h4-6,8-9,17H,3,7,10-13H2,1-2H3. The van der Waals surface area contributed by atoms with Crippen molar-refractivity contribution in [2.75, 3.05) is 32.1 Å². The first-order valence-electron chi connectivity index (χ1n) is 7.34. The third kappa shape index (κ3) is 3.31. The van der Waals surface area contributed by atoms with Crippen LogP contribution in [0.1, 0.15) is 26.2 Å². The summed E-state index contributed by atoms with van der Waals surface area (Å²) in [5.74, 6) is -0.153. The molecule has 1 aliphatic heterocycles. The summed E-state index contributed by atoms with van der Waals surface area (Å²) >= 11 is 0. The molecule has 0 aliphatic carbocycles. The summed E-state index contributed by atoms with van der Waals surface area (Å²) < 4.78 is 5.07. The van der Waals surface area contributed by atoms with Crippen molar-refractivity contribution >= 4 is 11.7 Å². The van der Waals surface area contributed by atoms with Gasteiger partial charge >= 0.3 is 5.97 Å². The maximum absolute atomic E-state index is 12.3. The van der Waals surface area contributed by atoms with Gasteiger partial charge in [0.15, 0.2) is 0 Å². The summed E-state index contributed by atoms with van der Waals surface area (Å²) in [5, 5.41) is 3.43. The van der Waals surface area contributed by atoms with Gasteiger partial charge in [-0.25, -0.2) is 4.79 Å².